The predicted molar refractivity (Wildman–Crippen MR) is 60.2 cm³/mol. The van der Waals surface area contributed by atoms with Crippen molar-refractivity contribution < 1.29 is 5.11 Å². The van der Waals surface area contributed by atoms with Crippen LogP contribution in [0.3, 0.4) is 0 Å². The standard InChI is InChI=1S/C10H6BrNOS/c11-9-6(3-12)1-2-8-7(4-13)5-14-10(8)9/h1-2,5,13H,4H2. The van der Waals surface area contributed by atoms with Gasteiger partial charge in [0.2, 0.25) is 0 Å². The lowest BCUT2D eigenvalue weighted by Crippen LogP contribution is -1.81. The molecule has 4 heteroatoms. The van der Waals surface area contributed by atoms with E-state index >= 15 is 0 Å². The minimum Gasteiger partial charge on any atom is -0.392 e. The molecule has 0 bridgehead atoms. The van der Waals surface area contributed by atoms with Gasteiger partial charge >= 0.3 is 0 Å². The maximum absolute atomic E-state index is 9.07. The number of rotatable bonds is 1. The van der Waals surface area contributed by atoms with Crippen molar-refractivity contribution in [3.8, 4) is 6.07 Å². The highest BCUT2D eigenvalue weighted by Gasteiger charge is 2.09. The molecule has 2 aromatic rings. The Kier molecular flexibility index (Phi) is 2.55. The minimum atomic E-state index is 0.0400. The number of hydrogen-bond donors (Lipinski definition) is 1. The van der Waals surface area contributed by atoms with Crippen LogP contribution in [0, 0.1) is 11.3 Å². The molecule has 0 aliphatic carbocycles. The first-order valence-electron chi connectivity index (χ1n) is 3.97. The zero-order valence-electron chi connectivity index (χ0n) is 7.12. The van der Waals surface area contributed by atoms with Crippen molar-refractivity contribution in [3.05, 3.63) is 33.1 Å². The molecule has 1 heterocycles. The number of aliphatic hydroxyl groups is 1. The number of hydrogen-bond acceptors (Lipinski definition) is 3. The topological polar surface area (TPSA) is 44.0 Å². The van der Waals surface area contributed by atoms with E-state index in [1.165, 1.54) is 11.3 Å². The van der Waals surface area contributed by atoms with Gasteiger partial charge in [0, 0.05) is 0 Å². The summed E-state index contributed by atoms with van der Waals surface area (Å²) in [7, 11) is 0. The van der Waals surface area contributed by atoms with Gasteiger partial charge in [-0.15, -0.1) is 11.3 Å². The molecule has 1 aromatic carbocycles. The van der Waals surface area contributed by atoms with E-state index in [4.69, 9.17) is 10.4 Å². The van der Waals surface area contributed by atoms with E-state index in [0.717, 1.165) is 20.1 Å². The molecular formula is C10H6BrNOS. The number of aliphatic hydroxyl groups excluding tert-OH is 1. The third-order valence-electron chi connectivity index (χ3n) is 2.05. The lowest BCUT2D eigenvalue weighted by Gasteiger charge is -1.97. The summed E-state index contributed by atoms with van der Waals surface area (Å²) in [5, 5.41) is 20.8. The molecule has 1 N–H and O–H groups in total. The number of nitriles is 1. The zero-order chi connectivity index (χ0) is 10.1. The van der Waals surface area contributed by atoms with Crippen LogP contribution in [0.15, 0.2) is 22.0 Å². The lowest BCUT2D eigenvalue weighted by atomic mass is 10.1. The molecule has 14 heavy (non-hydrogen) atoms. The quantitative estimate of drug-likeness (QED) is 0.863. The van der Waals surface area contributed by atoms with E-state index in [0.29, 0.717) is 5.56 Å². The van der Waals surface area contributed by atoms with Gasteiger partial charge in [0.25, 0.3) is 0 Å². The van der Waals surface area contributed by atoms with Gasteiger partial charge < -0.3 is 5.11 Å². The van der Waals surface area contributed by atoms with Crippen molar-refractivity contribution in [1.29, 1.82) is 5.26 Å². The van der Waals surface area contributed by atoms with Gasteiger partial charge in [0.15, 0.2) is 0 Å². The predicted octanol–water partition coefficient (Wildman–Crippen LogP) is 3.03. The fourth-order valence-corrected chi connectivity index (χ4v) is 3.04. The first-order valence-corrected chi connectivity index (χ1v) is 5.64. The van der Waals surface area contributed by atoms with Crippen LogP contribution < -0.4 is 0 Å². The third-order valence-corrected chi connectivity index (χ3v) is 4.20. The van der Waals surface area contributed by atoms with Crippen molar-refractivity contribution in [2.75, 3.05) is 0 Å². The van der Waals surface area contributed by atoms with Crippen molar-refractivity contribution in [2.45, 2.75) is 6.61 Å². The average molecular weight is 268 g/mol. The molecule has 70 valence electrons. The van der Waals surface area contributed by atoms with Crippen LogP contribution in [0.2, 0.25) is 0 Å². The number of benzene rings is 1. The zero-order valence-corrected chi connectivity index (χ0v) is 9.52. The second kappa shape index (κ2) is 3.70. The highest BCUT2D eigenvalue weighted by atomic mass is 79.9. The summed E-state index contributed by atoms with van der Waals surface area (Å²) in [5.74, 6) is 0. The Morgan fingerprint density at radius 1 is 1.50 bits per heavy atom. The molecule has 0 amide bonds. The maximum Gasteiger partial charge on any atom is 0.100 e. The SMILES string of the molecule is N#Cc1ccc2c(CO)csc2c1Br. The fraction of sp³-hybridized carbons (Fsp3) is 0.100. The van der Waals surface area contributed by atoms with Gasteiger partial charge in [-0.2, -0.15) is 5.26 Å². The van der Waals surface area contributed by atoms with Crippen LogP contribution >= 0.6 is 27.3 Å². The van der Waals surface area contributed by atoms with Gasteiger partial charge in [0.05, 0.1) is 21.3 Å². The molecular weight excluding hydrogens is 262 g/mol. The number of thiophene rings is 1. The first-order chi connectivity index (χ1) is 6.77. The van der Waals surface area contributed by atoms with Gasteiger partial charge in [-0.25, -0.2) is 0 Å². The van der Waals surface area contributed by atoms with E-state index in [1.54, 1.807) is 6.07 Å². The van der Waals surface area contributed by atoms with E-state index < -0.39 is 0 Å². The Bertz CT molecular complexity index is 527. The Hall–Kier alpha value is -0.890. The second-order valence-electron chi connectivity index (χ2n) is 2.83. The summed E-state index contributed by atoms with van der Waals surface area (Å²) in [5.41, 5.74) is 1.54. The molecule has 0 aliphatic rings. The highest BCUT2D eigenvalue weighted by Crippen LogP contribution is 2.34. The summed E-state index contributed by atoms with van der Waals surface area (Å²) in [4.78, 5) is 0. The average Bonchev–Trinajstić information content (AvgIpc) is 2.62. The smallest absolute Gasteiger partial charge is 0.100 e. The molecule has 2 nitrogen and oxygen atoms in total. The molecule has 0 aliphatic heterocycles. The Balaban J connectivity index is 2.80. The summed E-state index contributed by atoms with van der Waals surface area (Å²) in [6, 6.07) is 5.75. The van der Waals surface area contributed by atoms with E-state index in [9.17, 15) is 0 Å². The summed E-state index contributed by atoms with van der Waals surface area (Å²) in [6.45, 7) is 0.0400. The minimum absolute atomic E-state index is 0.0400. The number of halogens is 1. The monoisotopic (exact) mass is 267 g/mol. The van der Waals surface area contributed by atoms with Crippen LogP contribution in [0.25, 0.3) is 10.1 Å². The van der Waals surface area contributed by atoms with Gasteiger partial charge in [-0.1, -0.05) is 6.07 Å². The Morgan fingerprint density at radius 2 is 2.29 bits per heavy atom. The van der Waals surface area contributed by atoms with Gasteiger partial charge in [0.1, 0.15) is 6.07 Å². The van der Waals surface area contributed by atoms with Crippen molar-refractivity contribution in [1.82, 2.24) is 0 Å². The van der Waals surface area contributed by atoms with Crippen LogP contribution in [-0.2, 0) is 6.61 Å². The number of nitrogens with zero attached hydrogens (tertiary/aromatic N) is 1. The lowest BCUT2D eigenvalue weighted by molar-refractivity contribution is 0.284. The van der Waals surface area contributed by atoms with E-state index in [1.807, 2.05) is 11.4 Å². The van der Waals surface area contributed by atoms with Crippen molar-refractivity contribution in [2.24, 2.45) is 0 Å². The molecule has 0 unspecified atom stereocenters. The van der Waals surface area contributed by atoms with Gasteiger partial charge in [-0.05, 0) is 38.3 Å². The molecule has 0 saturated carbocycles. The summed E-state index contributed by atoms with van der Waals surface area (Å²) < 4.78 is 1.84. The summed E-state index contributed by atoms with van der Waals surface area (Å²) in [6.07, 6.45) is 0. The molecule has 0 atom stereocenters. The van der Waals surface area contributed by atoms with Crippen LogP contribution in [-0.4, -0.2) is 5.11 Å². The van der Waals surface area contributed by atoms with Crippen LogP contribution in [0.1, 0.15) is 11.1 Å². The van der Waals surface area contributed by atoms with Crippen LogP contribution in [0.5, 0.6) is 0 Å². The second-order valence-corrected chi connectivity index (χ2v) is 4.51. The normalized spacial score (nSPS) is 10.4. The van der Waals surface area contributed by atoms with Crippen LogP contribution in [0.4, 0.5) is 0 Å². The first kappa shape index (κ1) is 9.66. The summed E-state index contributed by atoms with van der Waals surface area (Å²) >= 11 is 4.93. The molecule has 0 spiro atoms. The Labute approximate surface area is 93.5 Å². The largest absolute Gasteiger partial charge is 0.392 e. The van der Waals surface area contributed by atoms with E-state index in [-0.39, 0.29) is 6.61 Å². The maximum atomic E-state index is 9.07. The van der Waals surface area contributed by atoms with Gasteiger partial charge in [-0.3, -0.25) is 0 Å². The molecule has 2 rings (SSSR count). The fourth-order valence-electron chi connectivity index (χ4n) is 1.33. The number of fused-ring (bicyclic) bond motifs is 1. The molecule has 0 fully saturated rings. The molecule has 0 radical (unpaired) electrons. The molecule has 1 aromatic heterocycles. The molecule has 0 saturated heterocycles. The van der Waals surface area contributed by atoms with E-state index in [2.05, 4.69) is 22.0 Å². The third kappa shape index (κ3) is 1.34. The highest BCUT2D eigenvalue weighted by molar-refractivity contribution is 9.10. The Morgan fingerprint density at radius 3 is 2.93 bits per heavy atom. The van der Waals surface area contributed by atoms with Crippen molar-refractivity contribution >= 4 is 37.4 Å². The van der Waals surface area contributed by atoms with Crippen molar-refractivity contribution in [3.63, 3.8) is 0 Å².